The monoisotopic (exact) mass is 244 g/mol. The molecule has 1 aromatic rings. The van der Waals surface area contributed by atoms with Crippen molar-refractivity contribution in [2.24, 2.45) is 5.41 Å². The summed E-state index contributed by atoms with van der Waals surface area (Å²) < 4.78 is 26.7. The second kappa shape index (κ2) is 5.10. The van der Waals surface area contributed by atoms with Crippen molar-refractivity contribution in [1.29, 1.82) is 0 Å². The number of aliphatic hydroxyl groups is 2. The van der Waals surface area contributed by atoms with Crippen molar-refractivity contribution in [1.82, 2.24) is 0 Å². The lowest BCUT2D eigenvalue weighted by molar-refractivity contribution is -0.0439. The predicted molar refractivity (Wildman–Crippen MR) is 61.5 cm³/mol. The summed E-state index contributed by atoms with van der Waals surface area (Å²) in [4.78, 5) is 0. The summed E-state index contributed by atoms with van der Waals surface area (Å²) in [5, 5.41) is 19.6. The topological polar surface area (TPSA) is 40.5 Å². The molecule has 2 atom stereocenters. The molecule has 0 amide bonds. The summed E-state index contributed by atoms with van der Waals surface area (Å²) in [6, 6.07) is 3.53. The lowest BCUT2D eigenvalue weighted by atomic mass is 9.84. The Morgan fingerprint density at radius 3 is 2.00 bits per heavy atom. The molecular formula is C13H18F2O2. The van der Waals surface area contributed by atoms with Crippen molar-refractivity contribution in [3.8, 4) is 0 Å². The minimum Gasteiger partial charge on any atom is -0.390 e. The molecule has 96 valence electrons. The van der Waals surface area contributed by atoms with Crippen molar-refractivity contribution < 1.29 is 19.0 Å². The SMILES string of the molecule is CC(C)(C)C(O)C(O)Cc1c(F)cccc1F. The van der Waals surface area contributed by atoms with Crippen molar-refractivity contribution in [2.75, 3.05) is 0 Å². The molecule has 0 saturated heterocycles. The highest BCUT2D eigenvalue weighted by atomic mass is 19.1. The molecule has 17 heavy (non-hydrogen) atoms. The number of aliphatic hydroxyl groups excluding tert-OH is 2. The van der Waals surface area contributed by atoms with Gasteiger partial charge in [-0.1, -0.05) is 26.8 Å². The van der Waals surface area contributed by atoms with Crippen LogP contribution in [0, 0.1) is 17.0 Å². The zero-order valence-electron chi connectivity index (χ0n) is 10.2. The van der Waals surface area contributed by atoms with Gasteiger partial charge < -0.3 is 10.2 Å². The van der Waals surface area contributed by atoms with Crippen molar-refractivity contribution in [3.05, 3.63) is 35.4 Å². The second-order valence-electron chi connectivity index (χ2n) is 5.28. The number of hydrogen-bond donors (Lipinski definition) is 2. The fraction of sp³-hybridized carbons (Fsp3) is 0.538. The van der Waals surface area contributed by atoms with Crippen LogP contribution < -0.4 is 0 Å². The average Bonchev–Trinajstić information content (AvgIpc) is 2.21. The summed E-state index contributed by atoms with van der Waals surface area (Å²) in [6.45, 7) is 5.25. The summed E-state index contributed by atoms with van der Waals surface area (Å²) in [7, 11) is 0. The maximum atomic E-state index is 13.3. The van der Waals surface area contributed by atoms with Crippen LogP contribution in [0.3, 0.4) is 0 Å². The van der Waals surface area contributed by atoms with Crippen LogP contribution in [-0.4, -0.2) is 22.4 Å². The van der Waals surface area contributed by atoms with Gasteiger partial charge in [0.1, 0.15) is 11.6 Å². The number of benzene rings is 1. The molecule has 0 aromatic heterocycles. The van der Waals surface area contributed by atoms with E-state index in [2.05, 4.69) is 0 Å². The molecule has 2 unspecified atom stereocenters. The van der Waals surface area contributed by atoms with Gasteiger partial charge in [0.2, 0.25) is 0 Å². The molecule has 0 bridgehead atoms. The predicted octanol–water partition coefficient (Wildman–Crippen LogP) is 2.28. The van der Waals surface area contributed by atoms with E-state index in [1.165, 1.54) is 6.07 Å². The lowest BCUT2D eigenvalue weighted by Gasteiger charge is -2.30. The zero-order chi connectivity index (χ0) is 13.2. The van der Waals surface area contributed by atoms with Crippen molar-refractivity contribution in [2.45, 2.75) is 39.4 Å². The number of halogens is 2. The summed E-state index contributed by atoms with van der Waals surface area (Å²) in [5.74, 6) is -1.41. The fourth-order valence-electron chi connectivity index (χ4n) is 1.63. The van der Waals surface area contributed by atoms with E-state index in [0.717, 1.165) is 12.1 Å². The Morgan fingerprint density at radius 2 is 1.59 bits per heavy atom. The molecule has 0 aliphatic rings. The van der Waals surface area contributed by atoms with E-state index in [9.17, 15) is 19.0 Å². The van der Waals surface area contributed by atoms with Gasteiger partial charge in [0.25, 0.3) is 0 Å². The van der Waals surface area contributed by atoms with Gasteiger partial charge in [-0.05, 0) is 17.5 Å². The minimum atomic E-state index is -1.19. The Morgan fingerprint density at radius 1 is 1.12 bits per heavy atom. The zero-order valence-corrected chi connectivity index (χ0v) is 10.2. The molecule has 1 rings (SSSR count). The van der Waals surface area contributed by atoms with Crippen LogP contribution in [0.2, 0.25) is 0 Å². The van der Waals surface area contributed by atoms with Gasteiger partial charge in [0.15, 0.2) is 0 Å². The molecule has 0 heterocycles. The number of rotatable bonds is 3. The van der Waals surface area contributed by atoms with E-state index >= 15 is 0 Å². The maximum absolute atomic E-state index is 13.3. The third-order valence-corrected chi connectivity index (χ3v) is 2.73. The molecule has 0 spiro atoms. The van der Waals surface area contributed by atoms with Gasteiger partial charge in [-0.2, -0.15) is 0 Å². The van der Waals surface area contributed by atoms with Crippen molar-refractivity contribution >= 4 is 0 Å². The van der Waals surface area contributed by atoms with Crippen LogP contribution in [0.25, 0.3) is 0 Å². The quantitative estimate of drug-likeness (QED) is 0.856. The first-order chi connectivity index (χ1) is 7.73. The molecule has 4 heteroatoms. The first-order valence-electron chi connectivity index (χ1n) is 5.52. The molecule has 0 radical (unpaired) electrons. The van der Waals surface area contributed by atoms with E-state index in [4.69, 9.17) is 0 Å². The largest absolute Gasteiger partial charge is 0.390 e. The lowest BCUT2D eigenvalue weighted by Crippen LogP contribution is -2.39. The average molecular weight is 244 g/mol. The highest BCUT2D eigenvalue weighted by Gasteiger charge is 2.30. The van der Waals surface area contributed by atoms with Gasteiger partial charge in [-0.15, -0.1) is 0 Å². The van der Waals surface area contributed by atoms with E-state index in [1.807, 2.05) is 0 Å². The van der Waals surface area contributed by atoms with E-state index in [-0.39, 0.29) is 12.0 Å². The van der Waals surface area contributed by atoms with E-state index < -0.39 is 29.3 Å². The van der Waals surface area contributed by atoms with Gasteiger partial charge >= 0.3 is 0 Å². The first-order valence-corrected chi connectivity index (χ1v) is 5.52. The summed E-state index contributed by atoms with van der Waals surface area (Å²) in [6.07, 6.45) is -2.47. The van der Waals surface area contributed by atoms with Crippen molar-refractivity contribution in [3.63, 3.8) is 0 Å². The van der Waals surface area contributed by atoms with Crippen LogP contribution in [0.15, 0.2) is 18.2 Å². The van der Waals surface area contributed by atoms with E-state index in [0.29, 0.717) is 0 Å². The normalized spacial score (nSPS) is 15.7. The summed E-state index contributed by atoms with van der Waals surface area (Å²) in [5.41, 5.74) is -0.732. The third-order valence-electron chi connectivity index (χ3n) is 2.73. The second-order valence-corrected chi connectivity index (χ2v) is 5.28. The number of hydrogen-bond acceptors (Lipinski definition) is 2. The molecule has 2 nitrogen and oxygen atoms in total. The Hall–Kier alpha value is -1.00. The molecule has 0 saturated carbocycles. The molecular weight excluding hydrogens is 226 g/mol. The summed E-state index contributed by atoms with van der Waals surface area (Å²) >= 11 is 0. The molecule has 1 aromatic carbocycles. The van der Waals surface area contributed by atoms with E-state index in [1.54, 1.807) is 20.8 Å². The molecule has 0 fully saturated rings. The maximum Gasteiger partial charge on any atom is 0.129 e. The van der Waals surface area contributed by atoms with Gasteiger partial charge in [0.05, 0.1) is 12.2 Å². The fourth-order valence-corrected chi connectivity index (χ4v) is 1.63. The van der Waals surface area contributed by atoms with Gasteiger partial charge in [-0.25, -0.2) is 8.78 Å². The van der Waals surface area contributed by atoms with Crippen LogP contribution >= 0.6 is 0 Å². The first kappa shape index (κ1) is 14.1. The molecule has 0 aliphatic heterocycles. The van der Waals surface area contributed by atoms with Crippen LogP contribution in [0.1, 0.15) is 26.3 Å². The molecule has 2 N–H and O–H groups in total. The Labute approximate surface area is 99.9 Å². The van der Waals surface area contributed by atoms with Crippen LogP contribution in [0.5, 0.6) is 0 Å². The smallest absolute Gasteiger partial charge is 0.129 e. The Balaban J connectivity index is 2.85. The van der Waals surface area contributed by atoms with Gasteiger partial charge in [-0.3, -0.25) is 0 Å². The van der Waals surface area contributed by atoms with Crippen LogP contribution in [-0.2, 0) is 6.42 Å². The van der Waals surface area contributed by atoms with Gasteiger partial charge in [0, 0.05) is 12.0 Å². The Kier molecular flexibility index (Phi) is 4.22. The third kappa shape index (κ3) is 3.48. The molecule has 0 aliphatic carbocycles. The standard InChI is InChI=1S/C13H18F2O2/c1-13(2,3)12(17)11(16)7-8-9(14)5-4-6-10(8)15/h4-6,11-12,16-17H,7H2,1-3H3. The Bertz CT molecular complexity index is 365. The highest BCUT2D eigenvalue weighted by Crippen LogP contribution is 2.24. The highest BCUT2D eigenvalue weighted by molar-refractivity contribution is 5.20. The van der Waals surface area contributed by atoms with Crippen LogP contribution in [0.4, 0.5) is 8.78 Å². The minimum absolute atomic E-state index is 0.191.